The summed E-state index contributed by atoms with van der Waals surface area (Å²) >= 11 is 0. The van der Waals surface area contributed by atoms with E-state index < -0.39 is 5.97 Å². The predicted octanol–water partition coefficient (Wildman–Crippen LogP) is 0.960. The normalized spacial score (nSPS) is 22.2. The molecule has 0 saturated carbocycles. The van der Waals surface area contributed by atoms with Crippen molar-refractivity contribution in [1.29, 1.82) is 0 Å². The van der Waals surface area contributed by atoms with Gasteiger partial charge in [-0.15, -0.1) is 0 Å². The van der Waals surface area contributed by atoms with Crippen LogP contribution in [0.1, 0.15) is 6.92 Å². The standard InChI is InChI=1S/C14H18N2O3/c1-10-7-15-8-12(10)14(19)16(9-13(17)18)11-5-3-2-4-6-11/h2-6,10,12,15H,7-9H2,1H3,(H,17,18). The van der Waals surface area contributed by atoms with Gasteiger partial charge in [-0.25, -0.2) is 0 Å². The Bertz CT molecular complexity index is 461. The van der Waals surface area contributed by atoms with Crippen molar-refractivity contribution in [2.24, 2.45) is 11.8 Å². The number of aliphatic carboxylic acids is 1. The summed E-state index contributed by atoms with van der Waals surface area (Å²) in [5.74, 6) is -1.05. The number of hydrogen-bond acceptors (Lipinski definition) is 3. The average molecular weight is 262 g/mol. The number of nitrogens with zero attached hydrogens (tertiary/aromatic N) is 1. The zero-order valence-electron chi connectivity index (χ0n) is 10.9. The van der Waals surface area contributed by atoms with Gasteiger partial charge < -0.3 is 15.3 Å². The minimum Gasteiger partial charge on any atom is -0.480 e. The molecular formula is C14H18N2O3. The van der Waals surface area contributed by atoms with E-state index in [0.717, 1.165) is 6.54 Å². The molecular weight excluding hydrogens is 244 g/mol. The van der Waals surface area contributed by atoms with E-state index >= 15 is 0 Å². The number of benzene rings is 1. The second-order valence-electron chi connectivity index (χ2n) is 4.90. The van der Waals surface area contributed by atoms with Crippen LogP contribution in [0.2, 0.25) is 0 Å². The fourth-order valence-corrected chi connectivity index (χ4v) is 2.38. The second-order valence-corrected chi connectivity index (χ2v) is 4.90. The van der Waals surface area contributed by atoms with Crippen molar-refractivity contribution >= 4 is 17.6 Å². The fourth-order valence-electron chi connectivity index (χ4n) is 2.38. The molecule has 1 fully saturated rings. The third kappa shape index (κ3) is 3.12. The Morgan fingerprint density at radius 3 is 2.53 bits per heavy atom. The van der Waals surface area contributed by atoms with Gasteiger partial charge in [-0.2, -0.15) is 0 Å². The van der Waals surface area contributed by atoms with Gasteiger partial charge in [0.25, 0.3) is 0 Å². The van der Waals surface area contributed by atoms with E-state index in [1.54, 1.807) is 24.3 Å². The summed E-state index contributed by atoms with van der Waals surface area (Å²) in [6.45, 7) is 3.12. The van der Waals surface area contributed by atoms with Crippen LogP contribution in [0.15, 0.2) is 30.3 Å². The largest absolute Gasteiger partial charge is 0.480 e. The van der Waals surface area contributed by atoms with Gasteiger partial charge in [0.15, 0.2) is 0 Å². The van der Waals surface area contributed by atoms with E-state index in [1.807, 2.05) is 13.0 Å². The molecule has 1 aliphatic heterocycles. The van der Waals surface area contributed by atoms with Gasteiger partial charge in [0.2, 0.25) is 5.91 Å². The summed E-state index contributed by atoms with van der Waals surface area (Å²) in [5, 5.41) is 12.2. The molecule has 1 heterocycles. The van der Waals surface area contributed by atoms with Crippen molar-refractivity contribution in [2.45, 2.75) is 6.92 Å². The third-order valence-corrected chi connectivity index (χ3v) is 3.46. The Kier molecular flexibility index (Phi) is 4.16. The average Bonchev–Trinajstić information content (AvgIpc) is 2.82. The van der Waals surface area contributed by atoms with Gasteiger partial charge in [-0.3, -0.25) is 9.59 Å². The summed E-state index contributed by atoms with van der Waals surface area (Å²) in [5.41, 5.74) is 0.633. The van der Waals surface area contributed by atoms with E-state index in [-0.39, 0.29) is 24.3 Å². The van der Waals surface area contributed by atoms with Crippen molar-refractivity contribution in [3.05, 3.63) is 30.3 Å². The second kappa shape index (κ2) is 5.84. The number of anilines is 1. The lowest BCUT2D eigenvalue weighted by molar-refractivity contribution is -0.137. The molecule has 0 bridgehead atoms. The summed E-state index contributed by atoms with van der Waals surface area (Å²) in [7, 11) is 0. The minimum atomic E-state index is -1.00. The van der Waals surface area contributed by atoms with Crippen LogP contribution in [0.5, 0.6) is 0 Å². The van der Waals surface area contributed by atoms with Gasteiger partial charge in [0, 0.05) is 12.2 Å². The molecule has 19 heavy (non-hydrogen) atoms. The number of carbonyl (C=O) groups excluding carboxylic acids is 1. The van der Waals surface area contributed by atoms with E-state index in [9.17, 15) is 9.59 Å². The van der Waals surface area contributed by atoms with Gasteiger partial charge in [-0.1, -0.05) is 25.1 Å². The number of carbonyl (C=O) groups is 2. The highest BCUT2D eigenvalue weighted by Gasteiger charge is 2.34. The Balaban J connectivity index is 2.22. The van der Waals surface area contributed by atoms with Crippen molar-refractivity contribution in [2.75, 3.05) is 24.5 Å². The molecule has 1 aromatic rings. The first-order chi connectivity index (χ1) is 9.09. The Morgan fingerprint density at radius 1 is 1.32 bits per heavy atom. The Hall–Kier alpha value is -1.88. The van der Waals surface area contributed by atoms with Crippen molar-refractivity contribution in [1.82, 2.24) is 5.32 Å². The number of amides is 1. The molecule has 2 atom stereocenters. The number of para-hydroxylation sites is 1. The Labute approximate surface area is 112 Å². The quantitative estimate of drug-likeness (QED) is 0.848. The van der Waals surface area contributed by atoms with Crippen molar-refractivity contribution in [3.63, 3.8) is 0 Å². The van der Waals surface area contributed by atoms with Crippen LogP contribution in [-0.4, -0.2) is 36.6 Å². The number of nitrogens with one attached hydrogen (secondary N) is 1. The topological polar surface area (TPSA) is 69.6 Å². The monoisotopic (exact) mass is 262 g/mol. The van der Waals surface area contributed by atoms with Gasteiger partial charge in [-0.05, 0) is 24.6 Å². The highest BCUT2D eigenvalue weighted by Crippen LogP contribution is 2.22. The van der Waals surface area contributed by atoms with E-state index in [1.165, 1.54) is 4.90 Å². The molecule has 0 aliphatic carbocycles. The highest BCUT2D eigenvalue weighted by molar-refractivity contribution is 5.99. The first kappa shape index (κ1) is 13.5. The first-order valence-electron chi connectivity index (χ1n) is 6.38. The molecule has 5 heteroatoms. The van der Waals surface area contributed by atoms with Crippen LogP contribution in [0.25, 0.3) is 0 Å². The maximum Gasteiger partial charge on any atom is 0.323 e. The van der Waals surface area contributed by atoms with Gasteiger partial charge in [0.05, 0.1) is 5.92 Å². The fraction of sp³-hybridized carbons (Fsp3) is 0.429. The molecule has 1 saturated heterocycles. The zero-order valence-corrected chi connectivity index (χ0v) is 10.9. The Morgan fingerprint density at radius 2 is 2.00 bits per heavy atom. The predicted molar refractivity (Wildman–Crippen MR) is 72.0 cm³/mol. The van der Waals surface area contributed by atoms with Gasteiger partial charge in [0.1, 0.15) is 6.54 Å². The van der Waals surface area contributed by atoms with E-state index in [0.29, 0.717) is 12.2 Å². The summed E-state index contributed by atoms with van der Waals surface area (Å²) in [6.07, 6.45) is 0. The number of carboxylic acids is 1. The van der Waals surface area contributed by atoms with Crippen molar-refractivity contribution < 1.29 is 14.7 Å². The molecule has 5 nitrogen and oxygen atoms in total. The number of carboxylic acid groups (broad SMARTS) is 1. The SMILES string of the molecule is CC1CNCC1C(=O)N(CC(=O)O)c1ccccc1. The van der Waals surface area contributed by atoms with Crippen LogP contribution in [-0.2, 0) is 9.59 Å². The molecule has 0 spiro atoms. The van der Waals surface area contributed by atoms with E-state index in [2.05, 4.69) is 5.32 Å². The smallest absolute Gasteiger partial charge is 0.323 e. The molecule has 1 aliphatic rings. The summed E-state index contributed by atoms with van der Waals surface area (Å²) in [6, 6.07) is 8.95. The summed E-state index contributed by atoms with van der Waals surface area (Å²) < 4.78 is 0. The van der Waals surface area contributed by atoms with Crippen molar-refractivity contribution in [3.8, 4) is 0 Å². The third-order valence-electron chi connectivity index (χ3n) is 3.46. The molecule has 0 aromatic heterocycles. The van der Waals surface area contributed by atoms with Crippen LogP contribution in [0, 0.1) is 11.8 Å². The van der Waals surface area contributed by atoms with Gasteiger partial charge >= 0.3 is 5.97 Å². The van der Waals surface area contributed by atoms with Crippen LogP contribution in [0.3, 0.4) is 0 Å². The van der Waals surface area contributed by atoms with E-state index in [4.69, 9.17) is 5.11 Å². The highest BCUT2D eigenvalue weighted by atomic mass is 16.4. The molecule has 0 radical (unpaired) electrons. The molecule has 1 aromatic carbocycles. The molecule has 1 amide bonds. The maximum atomic E-state index is 12.5. The summed E-state index contributed by atoms with van der Waals surface area (Å²) in [4.78, 5) is 24.8. The molecule has 102 valence electrons. The molecule has 2 unspecified atom stereocenters. The lowest BCUT2D eigenvalue weighted by Crippen LogP contribution is -2.42. The first-order valence-corrected chi connectivity index (χ1v) is 6.38. The molecule has 2 N–H and O–H groups in total. The zero-order chi connectivity index (χ0) is 13.8. The van der Waals surface area contributed by atoms with Crippen LogP contribution < -0.4 is 10.2 Å². The van der Waals surface area contributed by atoms with Crippen LogP contribution >= 0.6 is 0 Å². The maximum absolute atomic E-state index is 12.5. The number of hydrogen-bond donors (Lipinski definition) is 2. The molecule has 2 rings (SSSR count). The lowest BCUT2D eigenvalue weighted by atomic mass is 9.96. The minimum absolute atomic E-state index is 0.119. The van der Waals surface area contributed by atoms with Crippen LogP contribution in [0.4, 0.5) is 5.69 Å². The lowest BCUT2D eigenvalue weighted by Gasteiger charge is -2.25. The number of rotatable bonds is 4.